The van der Waals surface area contributed by atoms with Gasteiger partial charge >= 0.3 is 5.97 Å². The minimum absolute atomic E-state index is 0.428. The van der Waals surface area contributed by atoms with Crippen molar-refractivity contribution in [2.24, 2.45) is 5.16 Å². The Morgan fingerprint density at radius 1 is 1.39 bits per heavy atom. The van der Waals surface area contributed by atoms with Crippen LogP contribution in [-0.4, -0.2) is 12.2 Å². The topological polar surface area (TPSA) is 51.8 Å². The zero-order chi connectivity index (χ0) is 13.0. The van der Waals surface area contributed by atoms with Crippen molar-refractivity contribution in [3.8, 4) is 0 Å². The zero-order valence-corrected chi connectivity index (χ0v) is 11.2. The van der Waals surface area contributed by atoms with Crippen LogP contribution in [0.2, 0.25) is 0 Å². The van der Waals surface area contributed by atoms with Gasteiger partial charge in [0.1, 0.15) is 17.7 Å². The number of halogens is 1. The fourth-order valence-electron chi connectivity index (χ4n) is 1.32. The molecule has 4 nitrogen and oxygen atoms in total. The standard InChI is InChI=1S/C13H10BrNO3/c1-9-5-6-12(17-9)8-15-18-13(16)10-3-2-4-11(14)7-10/h2-8H,1H3/b15-8+. The first-order valence-electron chi connectivity index (χ1n) is 5.22. The molecular weight excluding hydrogens is 298 g/mol. The summed E-state index contributed by atoms with van der Waals surface area (Å²) in [7, 11) is 0. The third-order valence-electron chi connectivity index (χ3n) is 2.14. The van der Waals surface area contributed by atoms with E-state index in [2.05, 4.69) is 21.1 Å². The highest BCUT2D eigenvalue weighted by atomic mass is 79.9. The van der Waals surface area contributed by atoms with E-state index in [-0.39, 0.29) is 0 Å². The molecule has 0 unspecified atom stereocenters. The van der Waals surface area contributed by atoms with Gasteiger partial charge in [0, 0.05) is 4.47 Å². The molecule has 0 aliphatic carbocycles. The Hall–Kier alpha value is -1.88. The minimum atomic E-state index is -0.518. The highest BCUT2D eigenvalue weighted by molar-refractivity contribution is 9.10. The molecule has 0 saturated heterocycles. The molecule has 1 aromatic carbocycles. The normalized spacial score (nSPS) is 10.8. The summed E-state index contributed by atoms with van der Waals surface area (Å²) in [5.74, 6) is 0.792. The lowest BCUT2D eigenvalue weighted by molar-refractivity contribution is 0.0519. The molecule has 1 aromatic heterocycles. The third kappa shape index (κ3) is 3.30. The van der Waals surface area contributed by atoms with Crippen molar-refractivity contribution in [2.75, 3.05) is 0 Å². The van der Waals surface area contributed by atoms with Crippen LogP contribution in [0.1, 0.15) is 21.9 Å². The van der Waals surface area contributed by atoms with E-state index in [1.807, 2.05) is 13.0 Å². The van der Waals surface area contributed by atoms with Gasteiger partial charge in [0.15, 0.2) is 0 Å². The van der Waals surface area contributed by atoms with E-state index < -0.39 is 5.97 Å². The fraction of sp³-hybridized carbons (Fsp3) is 0.0769. The Labute approximate surface area is 112 Å². The molecule has 5 heteroatoms. The number of hydrogen-bond acceptors (Lipinski definition) is 4. The lowest BCUT2D eigenvalue weighted by Crippen LogP contribution is -2.00. The van der Waals surface area contributed by atoms with E-state index in [0.29, 0.717) is 11.3 Å². The van der Waals surface area contributed by atoms with Crippen molar-refractivity contribution in [1.82, 2.24) is 0 Å². The molecule has 0 atom stereocenters. The second-order valence-electron chi connectivity index (χ2n) is 3.57. The van der Waals surface area contributed by atoms with Gasteiger partial charge in [-0.2, -0.15) is 0 Å². The van der Waals surface area contributed by atoms with E-state index in [0.717, 1.165) is 10.2 Å². The number of carbonyl (C=O) groups is 1. The summed E-state index contributed by atoms with van der Waals surface area (Å²) in [6.45, 7) is 1.82. The maximum Gasteiger partial charge on any atom is 0.365 e. The molecule has 0 spiro atoms. The number of rotatable bonds is 3. The van der Waals surface area contributed by atoms with E-state index in [1.165, 1.54) is 6.21 Å². The van der Waals surface area contributed by atoms with Gasteiger partial charge in [-0.15, -0.1) is 0 Å². The van der Waals surface area contributed by atoms with Crippen molar-refractivity contribution in [3.63, 3.8) is 0 Å². The fourth-order valence-corrected chi connectivity index (χ4v) is 1.72. The first kappa shape index (κ1) is 12.6. The quantitative estimate of drug-likeness (QED) is 0.495. The molecule has 0 radical (unpaired) electrons. The molecule has 0 aliphatic rings. The molecule has 18 heavy (non-hydrogen) atoms. The number of hydrogen-bond donors (Lipinski definition) is 0. The summed E-state index contributed by atoms with van der Waals surface area (Å²) in [6.07, 6.45) is 1.35. The second kappa shape index (κ2) is 5.64. The number of carbonyl (C=O) groups excluding carboxylic acids is 1. The van der Waals surface area contributed by atoms with Gasteiger partial charge in [-0.25, -0.2) is 4.79 Å². The summed E-state index contributed by atoms with van der Waals surface area (Å²) in [4.78, 5) is 16.4. The summed E-state index contributed by atoms with van der Waals surface area (Å²) in [6, 6.07) is 10.4. The van der Waals surface area contributed by atoms with E-state index in [1.54, 1.807) is 30.3 Å². The average Bonchev–Trinajstić information content (AvgIpc) is 2.75. The number of oxime groups is 1. The van der Waals surface area contributed by atoms with Gasteiger partial charge in [-0.3, -0.25) is 0 Å². The van der Waals surface area contributed by atoms with E-state index in [4.69, 9.17) is 9.25 Å². The first-order chi connectivity index (χ1) is 8.65. The van der Waals surface area contributed by atoms with Gasteiger partial charge in [-0.05, 0) is 37.3 Å². The van der Waals surface area contributed by atoms with Crippen LogP contribution in [0.5, 0.6) is 0 Å². The SMILES string of the molecule is Cc1ccc(/C=N/OC(=O)c2cccc(Br)c2)o1. The number of furan rings is 1. The summed E-state index contributed by atoms with van der Waals surface area (Å²) < 4.78 is 6.05. The highest BCUT2D eigenvalue weighted by Gasteiger charge is 2.06. The maximum absolute atomic E-state index is 11.6. The van der Waals surface area contributed by atoms with Crippen molar-refractivity contribution < 1.29 is 14.0 Å². The molecule has 2 aromatic rings. The van der Waals surface area contributed by atoms with Crippen LogP contribution >= 0.6 is 15.9 Å². The molecule has 0 saturated carbocycles. The predicted molar refractivity (Wildman–Crippen MR) is 70.6 cm³/mol. The van der Waals surface area contributed by atoms with E-state index in [9.17, 15) is 4.79 Å². The van der Waals surface area contributed by atoms with Crippen molar-refractivity contribution in [3.05, 3.63) is 58.0 Å². The van der Waals surface area contributed by atoms with Crippen LogP contribution in [0.4, 0.5) is 0 Å². The molecule has 1 heterocycles. The van der Waals surface area contributed by atoms with Crippen LogP contribution in [0.15, 0.2) is 50.4 Å². The number of nitrogens with zero attached hydrogens (tertiary/aromatic N) is 1. The summed E-state index contributed by atoms with van der Waals surface area (Å²) in [5, 5.41) is 3.58. The van der Waals surface area contributed by atoms with Crippen LogP contribution in [0.3, 0.4) is 0 Å². The molecule has 0 N–H and O–H groups in total. The monoisotopic (exact) mass is 307 g/mol. The van der Waals surface area contributed by atoms with Crippen molar-refractivity contribution in [1.29, 1.82) is 0 Å². The number of aryl methyl sites for hydroxylation is 1. The third-order valence-corrected chi connectivity index (χ3v) is 2.63. The molecule has 92 valence electrons. The van der Waals surface area contributed by atoms with Crippen LogP contribution in [0.25, 0.3) is 0 Å². The Bertz CT molecular complexity index is 589. The second-order valence-corrected chi connectivity index (χ2v) is 4.49. The van der Waals surface area contributed by atoms with Crippen LogP contribution in [-0.2, 0) is 4.84 Å². The lowest BCUT2D eigenvalue weighted by Gasteiger charge is -1.97. The Kier molecular flexibility index (Phi) is 3.94. The van der Waals surface area contributed by atoms with Crippen LogP contribution in [0, 0.1) is 6.92 Å². The molecule has 0 amide bonds. The van der Waals surface area contributed by atoms with Crippen molar-refractivity contribution >= 4 is 28.1 Å². The minimum Gasteiger partial charge on any atom is -0.460 e. The van der Waals surface area contributed by atoms with Gasteiger partial charge in [-0.1, -0.05) is 27.2 Å². The molecule has 2 rings (SSSR count). The van der Waals surface area contributed by atoms with Gasteiger partial charge in [0.05, 0.1) is 5.56 Å². The van der Waals surface area contributed by atoms with Crippen molar-refractivity contribution in [2.45, 2.75) is 6.92 Å². The largest absolute Gasteiger partial charge is 0.460 e. The molecule has 0 bridgehead atoms. The van der Waals surface area contributed by atoms with Crippen LogP contribution < -0.4 is 0 Å². The van der Waals surface area contributed by atoms with Gasteiger partial charge in [0.2, 0.25) is 0 Å². The molecular formula is C13H10BrNO3. The van der Waals surface area contributed by atoms with E-state index >= 15 is 0 Å². The smallest absolute Gasteiger partial charge is 0.365 e. The van der Waals surface area contributed by atoms with Gasteiger partial charge in [0.25, 0.3) is 0 Å². The Morgan fingerprint density at radius 2 is 2.22 bits per heavy atom. The first-order valence-corrected chi connectivity index (χ1v) is 6.01. The predicted octanol–water partition coefficient (Wildman–Crippen LogP) is 3.54. The molecule has 0 aliphatic heterocycles. The average molecular weight is 308 g/mol. The summed E-state index contributed by atoms with van der Waals surface area (Å²) in [5.41, 5.74) is 0.428. The zero-order valence-electron chi connectivity index (χ0n) is 9.59. The number of benzene rings is 1. The Morgan fingerprint density at radius 3 is 2.89 bits per heavy atom. The highest BCUT2D eigenvalue weighted by Crippen LogP contribution is 2.12. The summed E-state index contributed by atoms with van der Waals surface area (Å²) >= 11 is 3.28. The lowest BCUT2D eigenvalue weighted by atomic mass is 10.2. The maximum atomic E-state index is 11.6. The molecule has 0 fully saturated rings. The van der Waals surface area contributed by atoms with Gasteiger partial charge < -0.3 is 9.25 Å². The Balaban J connectivity index is 1.98.